The lowest BCUT2D eigenvalue weighted by atomic mass is 9.87. The number of nitrogens with one attached hydrogen (secondary N) is 2. The van der Waals surface area contributed by atoms with E-state index in [0.717, 1.165) is 45.2 Å². The molecule has 3 aromatic carbocycles. The van der Waals surface area contributed by atoms with E-state index in [1.165, 1.54) is 0 Å². The largest absolute Gasteiger partial charge is 0.352 e. The molecule has 0 aliphatic heterocycles. The molecule has 1 heterocycles. The molecule has 214 valence electrons. The van der Waals surface area contributed by atoms with Gasteiger partial charge in [0, 0.05) is 31.4 Å². The van der Waals surface area contributed by atoms with Crippen molar-refractivity contribution < 1.29 is 16.1 Å². The number of ketones is 1. The second kappa shape index (κ2) is 11.4. The molecule has 5 nitrogen and oxygen atoms in total. The van der Waals surface area contributed by atoms with Gasteiger partial charge in [-0.1, -0.05) is 93.1 Å². The Balaban J connectivity index is 0.00000253. The first-order valence-electron chi connectivity index (χ1n) is 13.9. The lowest BCUT2D eigenvalue weighted by Crippen LogP contribution is -2.14. The number of benzene rings is 3. The van der Waals surface area contributed by atoms with Gasteiger partial charge in [-0.25, -0.2) is 8.42 Å². The van der Waals surface area contributed by atoms with Crippen LogP contribution >= 0.6 is 0 Å². The summed E-state index contributed by atoms with van der Waals surface area (Å²) in [5.41, 5.74) is 6.66. The summed E-state index contributed by atoms with van der Waals surface area (Å²) in [5, 5.41) is 0.789. The highest BCUT2D eigenvalue weighted by molar-refractivity contribution is 7.92. The number of H-pyrrole nitrogens is 1. The van der Waals surface area contributed by atoms with Gasteiger partial charge in [-0.3, -0.25) is 9.52 Å². The summed E-state index contributed by atoms with van der Waals surface area (Å²) in [6, 6.07) is 20.4. The average molecular weight is 569 g/mol. The van der Waals surface area contributed by atoms with Crippen molar-refractivity contribution in [3.63, 3.8) is 0 Å². The van der Waals surface area contributed by atoms with Gasteiger partial charge in [0.1, 0.15) is 0 Å². The molecule has 0 spiro atoms. The Labute approximate surface area is 245 Å². The van der Waals surface area contributed by atoms with Gasteiger partial charge < -0.3 is 4.98 Å². The van der Waals surface area contributed by atoms with Crippen LogP contribution in [-0.4, -0.2) is 19.2 Å². The molecule has 4 aromatic rings. The molecule has 0 unspecified atom stereocenters. The Hall–Kier alpha value is -4.16. The van der Waals surface area contributed by atoms with Crippen LogP contribution in [0.4, 0.5) is 5.69 Å². The van der Waals surface area contributed by atoms with Crippen LogP contribution in [0.25, 0.3) is 22.0 Å². The zero-order chi connectivity index (χ0) is 29.2. The summed E-state index contributed by atoms with van der Waals surface area (Å²) in [6.45, 7) is 8.30. The SMILES string of the molecule is Cc1ccc(-c2c(C(=O)CCC3=CC=CCC=C3)[nH]c3ccc(NS(=O)(=O)c4ccc(C(C)(C)C)cc4)cc23)cc1.[HH].[HH]. The van der Waals surface area contributed by atoms with E-state index in [9.17, 15) is 13.2 Å². The first kappa shape index (κ1) is 28.4. The third-order valence-electron chi connectivity index (χ3n) is 7.39. The van der Waals surface area contributed by atoms with Crippen molar-refractivity contribution in [2.45, 2.75) is 57.3 Å². The molecule has 0 atom stereocenters. The Kier molecular flexibility index (Phi) is 7.87. The third-order valence-corrected chi connectivity index (χ3v) is 8.79. The van der Waals surface area contributed by atoms with Gasteiger partial charge in [-0.05, 0) is 72.2 Å². The molecule has 1 aliphatic carbocycles. The zero-order valence-corrected chi connectivity index (χ0v) is 24.8. The summed E-state index contributed by atoms with van der Waals surface area (Å²) < 4.78 is 29.3. The van der Waals surface area contributed by atoms with Crippen molar-refractivity contribution in [3.05, 3.63) is 120 Å². The maximum absolute atomic E-state index is 13.6. The summed E-state index contributed by atoms with van der Waals surface area (Å²) in [6.07, 6.45) is 12.2. The minimum atomic E-state index is -3.81. The standard InChI is InChI=1S/C35H36N2O3S.2H2/c1-24-11-14-26(15-12-24)33-30-23-28(37-41(39,40)29-19-16-27(17-20-29)35(2,3)4)18-21-31(30)36-34(33)32(38)22-13-25-9-7-5-6-8-10-25;;/h5,7-12,14-21,23,36-37H,6,13,22H2,1-4H3;2*1H. The van der Waals surface area contributed by atoms with Crippen LogP contribution in [-0.2, 0) is 15.4 Å². The molecule has 1 aromatic heterocycles. The average Bonchev–Trinajstić information content (AvgIpc) is 3.11. The number of aryl methyl sites for hydroxylation is 1. The number of aromatic amines is 1. The second-order valence-corrected chi connectivity index (χ2v) is 13.3. The van der Waals surface area contributed by atoms with Gasteiger partial charge in [0.15, 0.2) is 5.78 Å². The van der Waals surface area contributed by atoms with Gasteiger partial charge >= 0.3 is 0 Å². The lowest BCUT2D eigenvalue weighted by molar-refractivity contribution is 0.0979. The van der Waals surface area contributed by atoms with Gasteiger partial charge in [0.2, 0.25) is 0 Å². The number of anilines is 1. The van der Waals surface area contributed by atoms with Crippen LogP contribution in [0.2, 0.25) is 0 Å². The maximum atomic E-state index is 13.6. The van der Waals surface area contributed by atoms with Gasteiger partial charge in [-0.15, -0.1) is 0 Å². The van der Waals surface area contributed by atoms with Crippen LogP contribution in [0.1, 0.15) is 64.5 Å². The monoisotopic (exact) mass is 568 g/mol. The van der Waals surface area contributed by atoms with E-state index in [1.807, 2.05) is 55.5 Å². The van der Waals surface area contributed by atoms with Crippen molar-refractivity contribution in [3.8, 4) is 11.1 Å². The number of carbonyl (C=O) groups is 1. The number of aromatic nitrogens is 1. The molecule has 0 fully saturated rings. The summed E-state index contributed by atoms with van der Waals surface area (Å²) in [4.78, 5) is 17.1. The van der Waals surface area contributed by atoms with E-state index in [2.05, 4.69) is 54.8 Å². The minimum Gasteiger partial charge on any atom is -0.352 e. The highest BCUT2D eigenvalue weighted by Gasteiger charge is 2.22. The topological polar surface area (TPSA) is 79.0 Å². The number of hydrogen-bond acceptors (Lipinski definition) is 3. The summed E-state index contributed by atoms with van der Waals surface area (Å²) in [5.74, 6) is 0.0142. The van der Waals surface area contributed by atoms with Crippen molar-refractivity contribution in [2.75, 3.05) is 4.72 Å². The number of fused-ring (bicyclic) bond motifs is 1. The first-order chi connectivity index (χ1) is 19.5. The minimum absolute atomic E-state index is 0. The summed E-state index contributed by atoms with van der Waals surface area (Å²) >= 11 is 0. The highest BCUT2D eigenvalue weighted by Crippen LogP contribution is 2.36. The molecule has 5 rings (SSSR count). The van der Waals surface area contributed by atoms with Gasteiger partial charge in [0.25, 0.3) is 10.0 Å². The molecule has 41 heavy (non-hydrogen) atoms. The van der Waals surface area contributed by atoms with Gasteiger partial charge in [0.05, 0.1) is 10.6 Å². The molecule has 0 bridgehead atoms. The fraction of sp³-hybridized carbons (Fsp3) is 0.229. The quantitative estimate of drug-likeness (QED) is 0.208. The fourth-order valence-electron chi connectivity index (χ4n) is 5.01. The second-order valence-electron chi connectivity index (χ2n) is 11.6. The van der Waals surface area contributed by atoms with E-state index in [1.54, 1.807) is 24.3 Å². The van der Waals surface area contributed by atoms with E-state index >= 15 is 0 Å². The number of rotatable bonds is 8. The Bertz CT molecular complexity index is 1790. The maximum Gasteiger partial charge on any atom is 0.261 e. The molecule has 2 N–H and O–H groups in total. The molecule has 0 saturated heterocycles. The van der Waals surface area contributed by atoms with Gasteiger partial charge in [-0.2, -0.15) is 0 Å². The fourth-order valence-corrected chi connectivity index (χ4v) is 6.06. The predicted octanol–water partition coefficient (Wildman–Crippen LogP) is 9.14. The van der Waals surface area contributed by atoms with E-state index in [-0.39, 0.29) is 18.9 Å². The zero-order valence-electron chi connectivity index (χ0n) is 24.0. The van der Waals surface area contributed by atoms with Crippen molar-refractivity contribution >= 4 is 32.4 Å². The molecule has 6 heteroatoms. The van der Waals surface area contributed by atoms with E-state index in [0.29, 0.717) is 24.2 Å². The first-order valence-corrected chi connectivity index (χ1v) is 15.4. The van der Waals surface area contributed by atoms with Crippen molar-refractivity contribution in [1.82, 2.24) is 4.98 Å². The van der Waals surface area contributed by atoms with Crippen molar-refractivity contribution in [2.24, 2.45) is 0 Å². The number of allylic oxidation sites excluding steroid dienone is 6. The highest BCUT2D eigenvalue weighted by atomic mass is 32.2. The van der Waals surface area contributed by atoms with E-state index in [4.69, 9.17) is 0 Å². The number of carbonyl (C=O) groups excluding carboxylic acids is 1. The van der Waals surface area contributed by atoms with E-state index < -0.39 is 10.0 Å². The van der Waals surface area contributed by atoms with Crippen LogP contribution in [0.15, 0.2) is 108 Å². The van der Waals surface area contributed by atoms with Crippen LogP contribution in [0.5, 0.6) is 0 Å². The van der Waals surface area contributed by atoms with Crippen molar-refractivity contribution in [1.29, 1.82) is 0 Å². The van der Waals surface area contributed by atoms with Crippen LogP contribution < -0.4 is 4.72 Å². The molecule has 0 amide bonds. The molecule has 1 aliphatic rings. The molecule has 0 radical (unpaired) electrons. The molecular formula is C35H40N2O3S. The molecule has 0 saturated carbocycles. The lowest BCUT2D eigenvalue weighted by Gasteiger charge is -2.19. The third kappa shape index (κ3) is 6.44. The Morgan fingerprint density at radius 3 is 2.41 bits per heavy atom. The molecular weight excluding hydrogens is 528 g/mol. The Morgan fingerprint density at radius 1 is 0.976 bits per heavy atom. The van der Waals surface area contributed by atoms with Crippen LogP contribution in [0, 0.1) is 6.92 Å². The normalized spacial score (nSPS) is 13.7. The van der Waals surface area contributed by atoms with Crippen LogP contribution in [0.3, 0.4) is 0 Å². The number of hydrogen-bond donors (Lipinski definition) is 2. The predicted molar refractivity (Wildman–Crippen MR) is 173 cm³/mol. The smallest absolute Gasteiger partial charge is 0.261 e. The Morgan fingerprint density at radius 2 is 1.71 bits per heavy atom. The number of sulfonamides is 1. The summed E-state index contributed by atoms with van der Waals surface area (Å²) in [7, 11) is -3.81. The number of Topliss-reactive ketones (excluding diaryl/α,β-unsaturated/α-hetero) is 1.